The van der Waals surface area contributed by atoms with E-state index in [1.54, 1.807) is 29.3 Å². The standard InChI is InChI=1S/C15H15BrN4O4/c16-10-1-3-11(4-2-10)20-14(22)12(13(21)18-15(20)23)9-17-19-5-7-24-8-6-19/h1-4,9,22H,5-8H2,(H,18,21,23)/b17-9+. The van der Waals surface area contributed by atoms with E-state index in [0.717, 1.165) is 9.04 Å². The van der Waals surface area contributed by atoms with Gasteiger partial charge in [0.1, 0.15) is 5.56 Å². The highest BCUT2D eigenvalue weighted by Crippen LogP contribution is 2.18. The van der Waals surface area contributed by atoms with Crippen LogP contribution in [-0.4, -0.2) is 52.2 Å². The van der Waals surface area contributed by atoms with Gasteiger partial charge in [0.15, 0.2) is 0 Å². The summed E-state index contributed by atoms with van der Waals surface area (Å²) in [5.74, 6) is -0.455. The van der Waals surface area contributed by atoms with Gasteiger partial charge in [-0.05, 0) is 24.3 Å². The molecule has 2 aromatic rings. The lowest BCUT2D eigenvalue weighted by atomic mass is 10.3. The molecule has 8 nitrogen and oxygen atoms in total. The zero-order valence-corrected chi connectivity index (χ0v) is 14.2. The Hall–Kier alpha value is -2.39. The first kappa shape index (κ1) is 16.5. The third-order valence-electron chi connectivity index (χ3n) is 3.54. The highest BCUT2D eigenvalue weighted by atomic mass is 79.9. The number of halogens is 1. The van der Waals surface area contributed by atoms with Gasteiger partial charge in [0.25, 0.3) is 5.56 Å². The van der Waals surface area contributed by atoms with E-state index < -0.39 is 17.1 Å². The van der Waals surface area contributed by atoms with Gasteiger partial charge in [-0.3, -0.25) is 14.8 Å². The molecule has 126 valence electrons. The van der Waals surface area contributed by atoms with Gasteiger partial charge in [0, 0.05) is 4.47 Å². The van der Waals surface area contributed by atoms with E-state index in [1.807, 2.05) is 0 Å². The van der Waals surface area contributed by atoms with Crippen molar-refractivity contribution in [2.75, 3.05) is 26.3 Å². The summed E-state index contributed by atoms with van der Waals surface area (Å²) in [5.41, 5.74) is -1.06. The number of rotatable bonds is 3. The summed E-state index contributed by atoms with van der Waals surface area (Å²) in [5, 5.41) is 16.3. The van der Waals surface area contributed by atoms with Gasteiger partial charge < -0.3 is 9.84 Å². The van der Waals surface area contributed by atoms with E-state index >= 15 is 0 Å². The summed E-state index contributed by atoms with van der Waals surface area (Å²) >= 11 is 3.31. The number of aromatic amines is 1. The van der Waals surface area contributed by atoms with Crippen molar-refractivity contribution < 1.29 is 9.84 Å². The summed E-state index contributed by atoms with van der Waals surface area (Å²) < 4.78 is 7.07. The summed E-state index contributed by atoms with van der Waals surface area (Å²) in [6.07, 6.45) is 1.26. The molecule has 2 N–H and O–H groups in total. The van der Waals surface area contributed by atoms with Crippen molar-refractivity contribution in [1.82, 2.24) is 14.6 Å². The van der Waals surface area contributed by atoms with Crippen LogP contribution in [0, 0.1) is 0 Å². The average molecular weight is 395 g/mol. The van der Waals surface area contributed by atoms with Crippen LogP contribution in [0.5, 0.6) is 5.88 Å². The molecule has 0 bridgehead atoms. The van der Waals surface area contributed by atoms with Crippen LogP contribution in [0.25, 0.3) is 5.69 Å². The number of benzene rings is 1. The summed E-state index contributed by atoms with van der Waals surface area (Å²) in [6.45, 7) is 2.30. The second kappa shape index (κ2) is 7.02. The Kier molecular flexibility index (Phi) is 4.81. The molecule has 0 amide bonds. The van der Waals surface area contributed by atoms with Crippen molar-refractivity contribution in [3.63, 3.8) is 0 Å². The van der Waals surface area contributed by atoms with Gasteiger partial charge in [-0.15, -0.1) is 0 Å². The number of hydrogen-bond acceptors (Lipinski definition) is 6. The maximum atomic E-state index is 12.1. The molecule has 0 saturated carbocycles. The molecule has 1 saturated heterocycles. The van der Waals surface area contributed by atoms with Crippen LogP contribution in [0.1, 0.15) is 5.56 Å². The molecule has 0 atom stereocenters. The molecule has 0 spiro atoms. The Morgan fingerprint density at radius 1 is 1.21 bits per heavy atom. The van der Waals surface area contributed by atoms with Crippen molar-refractivity contribution in [2.24, 2.45) is 5.10 Å². The fourth-order valence-corrected chi connectivity index (χ4v) is 2.56. The maximum absolute atomic E-state index is 12.1. The first-order valence-corrected chi connectivity index (χ1v) is 8.06. The Morgan fingerprint density at radius 3 is 2.54 bits per heavy atom. The molecule has 24 heavy (non-hydrogen) atoms. The van der Waals surface area contributed by atoms with Crippen LogP contribution in [0.2, 0.25) is 0 Å². The lowest BCUT2D eigenvalue weighted by molar-refractivity contribution is 0.0396. The van der Waals surface area contributed by atoms with Crippen molar-refractivity contribution in [2.45, 2.75) is 0 Å². The summed E-state index contributed by atoms with van der Waals surface area (Å²) in [6, 6.07) is 6.75. The van der Waals surface area contributed by atoms with Gasteiger partial charge >= 0.3 is 5.69 Å². The quantitative estimate of drug-likeness (QED) is 0.744. The molecule has 1 aromatic heterocycles. The van der Waals surface area contributed by atoms with Crippen molar-refractivity contribution >= 4 is 22.1 Å². The van der Waals surface area contributed by atoms with E-state index in [9.17, 15) is 14.7 Å². The smallest absolute Gasteiger partial charge is 0.335 e. The minimum atomic E-state index is -0.719. The number of hydrazone groups is 1. The van der Waals surface area contributed by atoms with Crippen LogP contribution in [0.15, 0.2) is 43.4 Å². The first-order chi connectivity index (χ1) is 11.6. The number of hydrogen-bond donors (Lipinski definition) is 2. The Balaban J connectivity index is 2.02. The number of aromatic nitrogens is 2. The molecular formula is C15H15BrN4O4. The Labute approximate surface area is 145 Å². The number of aromatic hydroxyl groups is 1. The Bertz CT molecular complexity index is 867. The predicted octanol–water partition coefficient (Wildman–Crippen LogP) is 0.660. The second-order valence-electron chi connectivity index (χ2n) is 5.12. The monoisotopic (exact) mass is 394 g/mol. The van der Waals surface area contributed by atoms with Gasteiger partial charge in [-0.25, -0.2) is 9.36 Å². The normalized spacial score (nSPS) is 15.1. The molecule has 1 aliphatic heterocycles. The molecular weight excluding hydrogens is 380 g/mol. The molecule has 3 rings (SSSR count). The minimum absolute atomic E-state index is 0.0796. The van der Waals surface area contributed by atoms with Gasteiger partial charge in [-0.1, -0.05) is 15.9 Å². The molecule has 1 aliphatic rings. The lowest BCUT2D eigenvalue weighted by Crippen LogP contribution is -2.34. The Morgan fingerprint density at radius 2 is 1.88 bits per heavy atom. The van der Waals surface area contributed by atoms with Crippen LogP contribution in [0.3, 0.4) is 0 Å². The van der Waals surface area contributed by atoms with Gasteiger partial charge in [0.2, 0.25) is 5.88 Å². The predicted molar refractivity (Wildman–Crippen MR) is 92.0 cm³/mol. The van der Waals surface area contributed by atoms with Crippen molar-refractivity contribution in [1.29, 1.82) is 0 Å². The third kappa shape index (κ3) is 3.41. The maximum Gasteiger partial charge on any atom is 0.335 e. The molecule has 2 heterocycles. The van der Waals surface area contributed by atoms with Crippen LogP contribution in [0.4, 0.5) is 0 Å². The van der Waals surface area contributed by atoms with Crippen molar-refractivity contribution in [3.05, 3.63) is 55.1 Å². The number of H-pyrrole nitrogens is 1. The zero-order chi connectivity index (χ0) is 17.1. The zero-order valence-electron chi connectivity index (χ0n) is 12.6. The van der Waals surface area contributed by atoms with Crippen LogP contribution in [-0.2, 0) is 4.74 Å². The number of morpholine rings is 1. The molecule has 1 fully saturated rings. The number of nitrogens with zero attached hydrogens (tertiary/aromatic N) is 3. The summed E-state index contributed by atoms with van der Waals surface area (Å²) in [7, 11) is 0. The fourth-order valence-electron chi connectivity index (χ4n) is 2.29. The van der Waals surface area contributed by atoms with Gasteiger partial charge in [-0.2, -0.15) is 5.10 Å². The highest BCUT2D eigenvalue weighted by Gasteiger charge is 2.15. The third-order valence-corrected chi connectivity index (χ3v) is 4.07. The molecule has 0 radical (unpaired) electrons. The van der Waals surface area contributed by atoms with Gasteiger partial charge in [0.05, 0.1) is 38.2 Å². The second-order valence-corrected chi connectivity index (χ2v) is 6.03. The molecule has 0 unspecified atom stereocenters. The highest BCUT2D eigenvalue weighted by molar-refractivity contribution is 9.10. The minimum Gasteiger partial charge on any atom is -0.493 e. The fraction of sp³-hybridized carbons (Fsp3) is 0.267. The van der Waals surface area contributed by atoms with E-state index in [0.29, 0.717) is 32.0 Å². The molecule has 9 heteroatoms. The molecule has 1 aromatic carbocycles. The average Bonchev–Trinajstić information content (AvgIpc) is 2.57. The SMILES string of the molecule is O=c1[nH]c(=O)n(-c2ccc(Br)cc2)c(O)c1/C=N/N1CCOCC1. The summed E-state index contributed by atoms with van der Waals surface area (Å²) in [4.78, 5) is 26.3. The largest absolute Gasteiger partial charge is 0.493 e. The molecule has 0 aliphatic carbocycles. The van der Waals surface area contributed by atoms with E-state index in [4.69, 9.17) is 4.74 Å². The first-order valence-electron chi connectivity index (χ1n) is 7.27. The van der Waals surface area contributed by atoms with E-state index in [2.05, 4.69) is 26.0 Å². The number of ether oxygens (including phenoxy) is 1. The van der Waals surface area contributed by atoms with E-state index in [-0.39, 0.29) is 5.56 Å². The van der Waals surface area contributed by atoms with Crippen LogP contribution >= 0.6 is 15.9 Å². The van der Waals surface area contributed by atoms with E-state index in [1.165, 1.54) is 6.21 Å². The van der Waals surface area contributed by atoms with Crippen LogP contribution < -0.4 is 11.2 Å². The lowest BCUT2D eigenvalue weighted by Gasteiger charge is -2.23. The van der Waals surface area contributed by atoms with Crippen molar-refractivity contribution in [3.8, 4) is 11.6 Å². The number of nitrogens with one attached hydrogen (secondary N) is 1. The topological polar surface area (TPSA) is 99.9 Å².